The Morgan fingerprint density at radius 1 is 1.09 bits per heavy atom. The van der Waals surface area contributed by atoms with Gasteiger partial charge in [0.05, 0.1) is 27.3 Å². The highest BCUT2D eigenvalue weighted by molar-refractivity contribution is 7.99. The second-order valence-corrected chi connectivity index (χ2v) is 10.5. The second kappa shape index (κ2) is 10.2. The Balaban J connectivity index is 1.41. The summed E-state index contributed by atoms with van der Waals surface area (Å²) < 4.78 is 27.9. The molecule has 1 amide bonds. The topological polar surface area (TPSA) is 115 Å². The van der Waals surface area contributed by atoms with E-state index in [-0.39, 0.29) is 41.0 Å². The van der Waals surface area contributed by atoms with E-state index in [1.165, 1.54) is 16.3 Å². The fourth-order valence-corrected chi connectivity index (χ4v) is 5.64. The molecule has 4 rings (SSSR count). The molecule has 4 aromatic rings. The molecule has 0 saturated heterocycles. The highest BCUT2D eigenvalue weighted by Crippen LogP contribution is 2.21. The molecule has 0 spiro atoms. The third-order valence-corrected chi connectivity index (χ3v) is 7.88. The van der Waals surface area contributed by atoms with Gasteiger partial charge in [-0.25, -0.2) is 8.42 Å². The van der Waals surface area contributed by atoms with Gasteiger partial charge in [0, 0.05) is 13.1 Å². The van der Waals surface area contributed by atoms with Crippen molar-refractivity contribution in [2.45, 2.75) is 23.0 Å². The van der Waals surface area contributed by atoms with Crippen LogP contribution in [0.2, 0.25) is 0 Å². The Kier molecular flexibility index (Phi) is 7.13. The largest absolute Gasteiger partial charge is 0.355 e. The van der Waals surface area contributed by atoms with Gasteiger partial charge in [-0.3, -0.25) is 18.6 Å². The van der Waals surface area contributed by atoms with Crippen molar-refractivity contribution in [1.82, 2.24) is 24.5 Å². The van der Waals surface area contributed by atoms with Gasteiger partial charge < -0.3 is 5.32 Å². The third kappa shape index (κ3) is 4.90. The third-order valence-electron chi connectivity index (χ3n) is 5.14. The molecule has 0 aliphatic heterocycles. The number of nitrogens with zero attached hydrogens (tertiary/aromatic N) is 4. The van der Waals surface area contributed by atoms with Gasteiger partial charge in [0.15, 0.2) is 15.0 Å². The number of para-hydroxylation sites is 1. The maximum Gasteiger partial charge on any atom is 0.263 e. The van der Waals surface area contributed by atoms with Gasteiger partial charge in [-0.1, -0.05) is 48.2 Å². The lowest BCUT2D eigenvalue weighted by Gasteiger charge is -2.09. The number of fused-ring (bicyclic) bond motifs is 3. The zero-order valence-electron chi connectivity index (χ0n) is 18.3. The summed E-state index contributed by atoms with van der Waals surface area (Å²) in [4.78, 5) is 25.5. The van der Waals surface area contributed by atoms with E-state index in [1.807, 2.05) is 12.1 Å². The zero-order chi connectivity index (χ0) is 24.1. The Labute approximate surface area is 200 Å². The zero-order valence-corrected chi connectivity index (χ0v) is 19.9. The van der Waals surface area contributed by atoms with E-state index in [0.29, 0.717) is 28.3 Å². The van der Waals surface area contributed by atoms with Gasteiger partial charge in [-0.15, -0.1) is 16.8 Å². The number of benzene rings is 2. The van der Waals surface area contributed by atoms with Crippen LogP contribution >= 0.6 is 11.8 Å². The number of sulfone groups is 1. The Morgan fingerprint density at radius 3 is 2.59 bits per heavy atom. The molecule has 0 unspecified atom stereocenters. The van der Waals surface area contributed by atoms with Crippen LogP contribution in [0.5, 0.6) is 0 Å². The number of hydrogen-bond donors (Lipinski definition) is 1. The van der Waals surface area contributed by atoms with Crippen molar-refractivity contribution in [3.8, 4) is 0 Å². The summed E-state index contributed by atoms with van der Waals surface area (Å²) in [6.07, 6.45) is 1.92. The van der Waals surface area contributed by atoms with Gasteiger partial charge in [0.25, 0.3) is 5.56 Å². The molecule has 0 aliphatic rings. The van der Waals surface area contributed by atoms with Crippen molar-refractivity contribution in [2.24, 2.45) is 0 Å². The molecule has 176 valence electrons. The second-order valence-electron chi connectivity index (χ2n) is 7.46. The first-order valence-electron chi connectivity index (χ1n) is 10.6. The van der Waals surface area contributed by atoms with Crippen molar-refractivity contribution in [3.63, 3.8) is 0 Å². The summed E-state index contributed by atoms with van der Waals surface area (Å²) in [6, 6.07) is 15.4. The molecule has 0 bridgehead atoms. The number of rotatable bonds is 10. The average molecular weight is 498 g/mol. The molecule has 0 radical (unpaired) electrons. The molecule has 1 N–H and O–H groups in total. The Morgan fingerprint density at radius 2 is 1.82 bits per heavy atom. The predicted molar refractivity (Wildman–Crippen MR) is 132 cm³/mol. The molecule has 2 heterocycles. The quantitative estimate of drug-likeness (QED) is 0.203. The lowest BCUT2D eigenvalue weighted by Crippen LogP contribution is -2.27. The first kappa shape index (κ1) is 23.7. The van der Waals surface area contributed by atoms with Crippen LogP contribution in [0.15, 0.2) is 82.1 Å². The number of carbonyl (C=O) groups is 1. The summed E-state index contributed by atoms with van der Waals surface area (Å²) in [5.41, 5.74) is 0.469. The van der Waals surface area contributed by atoms with Crippen molar-refractivity contribution in [1.29, 1.82) is 0 Å². The van der Waals surface area contributed by atoms with Crippen molar-refractivity contribution in [3.05, 3.63) is 77.6 Å². The summed E-state index contributed by atoms with van der Waals surface area (Å²) in [5, 5.41) is 12.1. The van der Waals surface area contributed by atoms with E-state index in [9.17, 15) is 18.0 Å². The monoisotopic (exact) mass is 497 g/mol. The van der Waals surface area contributed by atoms with Crippen LogP contribution in [0.3, 0.4) is 0 Å². The van der Waals surface area contributed by atoms with Crippen molar-refractivity contribution in [2.75, 3.05) is 18.1 Å². The van der Waals surface area contributed by atoms with Gasteiger partial charge in [0.1, 0.15) is 0 Å². The number of allylic oxidation sites excluding steroid dienone is 1. The number of hydrogen-bond acceptors (Lipinski definition) is 7. The minimum Gasteiger partial charge on any atom is -0.355 e. The van der Waals surface area contributed by atoms with Crippen LogP contribution in [-0.4, -0.2) is 51.5 Å². The Bertz CT molecular complexity index is 1510. The predicted octanol–water partition coefficient (Wildman–Crippen LogP) is 2.30. The minimum absolute atomic E-state index is 0.0495. The molecular formula is C23H23N5O4S2. The standard InChI is InChI=1S/C23H23N5O4S2/c1-2-14-27-21(30)18-11-6-7-12-19(18)28-22(27)25-26-23(28)33-16-20(29)24-13-8-15-34(31,32)17-9-4-3-5-10-17/h2-7,9-12H,1,8,13-16H2,(H,24,29). The van der Waals surface area contributed by atoms with Crippen LogP contribution in [0.25, 0.3) is 16.7 Å². The molecule has 11 heteroatoms. The van der Waals surface area contributed by atoms with Gasteiger partial charge in [0.2, 0.25) is 11.7 Å². The summed E-state index contributed by atoms with van der Waals surface area (Å²) >= 11 is 1.19. The normalized spacial score (nSPS) is 11.6. The van der Waals surface area contributed by atoms with Crippen LogP contribution in [0.4, 0.5) is 0 Å². The van der Waals surface area contributed by atoms with E-state index in [4.69, 9.17) is 0 Å². The molecule has 2 aromatic carbocycles. The first-order chi connectivity index (χ1) is 16.4. The highest BCUT2D eigenvalue weighted by atomic mass is 32.2. The van der Waals surface area contributed by atoms with Crippen molar-refractivity contribution < 1.29 is 13.2 Å². The van der Waals surface area contributed by atoms with Crippen LogP contribution < -0.4 is 10.9 Å². The maximum atomic E-state index is 12.8. The van der Waals surface area contributed by atoms with Crippen LogP contribution in [-0.2, 0) is 21.2 Å². The lowest BCUT2D eigenvalue weighted by molar-refractivity contribution is -0.118. The first-order valence-corrected chi connectivity index (χ1v) is 13.2. The highest BCUT2D eigenvalue weighted by Gasteiger charge is 2.17. The number of thioether (sulfide) groups is 1. The SMILES string of the molecule is C=CCn1c(=O)c2ccccc2n2c(SCC(=O)NCCCS(=O)(=O)c3ccccc3)nnc12. The number of aromatic nitrogens is 4. The van der Waals surface area contributed by atoms with Gasteiger partial charge >= 0.3 is 0 Å². The minimum atomic E-state index is -3.38. The number of carbonyl (C=O) groups excluding carboxylic acids is 1. The van der Waals surface area contributed by atoms with E-state index in [1.54, 1.807) is 52.9 Å². The van der Waals surface area contributed by atoms with Crippen LogP contribution in [0, 0.1) is 0 Å². The van der Waals surface area contributed by atoms with E-state index in [2.05, 4.69) is 22.1 Å². The van der Waals surface area contributed by atoms with E-state index in [0.717, 1.165) is 0 Å². The van der Waals surface area contributed by atoms with Crippen molar-refractivity contribution >= 4 is 44.2 Å². The molecule has 2 aromatic heterocycles. The smallest absolute Gasteiger partial charge is 0.263 e. The maximum absolute atomic E-state index is 12.8. The number of amides is 1. The molecular weight excluding hydrogens is 474 g/mol. The van der Waals surface area contributed by atoms with E-state index >= 15 is 0 Å². The fraction of sp³-hybridized carbons (Fsp3) is 0.217. The molecule has 0 saturated carbocycles. The fourth-order valence-electron chi connectivity index (χ4n) is 3.54. The van der Waals surface area contributed by atoms with Gasteiger partial charge in [-0.05, 0) is 30.7 Å². The summed E-state index contributed by atoms with van der Waals surface area (Å²) in [7, 11) is -3.38. The molecule has 0 fully saturated rings. The molecule has 0 aliphatic carbocycles. The Hall–Kier alpha value is -3.44. The average Bonchev–Trinajstić information content (AvgIpc) is 3.28. The number of nitrogens with one attached hydrogen (secondary N) is 1. The molecule has 0 atom stereocenters. The summed E-state index contributed by atoms with van der Waals surface area (Å²) in [6.45, 7) is 4.23. The van der Waals surface area contributed by atoms with Crippen LogP contribution in [0.1, 0.15) is 6.42 Å². The lowest BCUT2D eigenvalue weighted by atomic mass is 10.2. The van der Waals surface area contributed by atoms with E-state index < -0.39 is 9.84 Å². The molecule has 34 heavy (non-hydrogen) atoms. The molecule has 9 nitrogen and oxygen atoms in total. The summed E-state index contributed by atoms with van der Waals surface area (Å²) in [5.74, 6) is 0.146. The van der Waals surface area contributed by atoms with Gasteiger partial charge in [-0.2, -0.15) is 0 Å².